The molecule has 1 aromatic carbocycles. The van der Waals surface area contributed by atoms with Crippen LogP contribution >= 0.6 is 46.2 Å². The van der Waals surface area contributed by atoms with Crippen LogP contribution in [0.4, 0.5) is 17.6 Å². The lowest BCUT2D eigenvalue weighted by molar-refractivity contribution is -0.111. The fraction of sp³-hybridized carbons (Fsp3) is 0.346. The van der Waals surface area contributed by atoms with E-state index in [4.69, 9.17) is 0 Å². The molecule has 4 aliphatic carbocycles. The molecule has 0 aliphatic heterocycles. The number of halogens is 4. The zero-order chi connectivity index (χ0) is 47.4. The van der Waals surface area contributed by atoms with Crippen LogP contribution in [0.25, 0.3) is 33.1 Å². The first-order valence-corrected chi connectivity index (χ1v) is 25.6. The number of unbranched alkanes of at least 4 members (excludes halogenated alkanes) is 2. The summed E-state index contributed by atoms with van der Waals surface area (Å²) in [4.78, 5) is 30.9. The van der Waals surface area contributed by atoms with Crippen LogP contribution in [0.1, 0.15) is 122 Å². The number of Topliss-reactive ketones (excluding diaryl/α,β-unsaturated/α-hetero) is 2. The normalized spacial score (nSPS) is 18.1. The molecule has 3 atom stereocenters. The van der Waals surface area contributed by atoms with Gasteiger partial charge in [0.15, 0.2) is 29.4 Å². The van der Waals surface area contributed by atoms with Crippen molar-refractivity contribution < 1.29 is 27.2 Å². The predicted molar refractivity (Wildman–Crippen MR) is 259 cm³/mol. The van der Waals surface area contributed by atoms with Crippen molar-refractivity contribution in [2.45, 2.75) is 91.7 Å². The van der Waals surface area contributed by atoms with Crippen LogP contribution in [-0.4, -0.2) is 29.2 Å². The second-order valence-corrected chi connectivity index (χ2v) is 21.0. The number of thiophene rings is 2. The number of carbonyl (C=O) groups excluding carboxylic acids is 2. The van der Waals surface area contributed by atoms with Crippen molar-refractivity contribution in [1.29, 1.82) is 21.0 Å². The van der Waals surface area contributed by atoms with Crippen molar-refractivity contribution in [1.82, 2.24) is 0 Å². The summed E-state index contributed by atoms with van der Waals surface area (Å²) in [6, 6.07) is 12.9. The zero-order valence-corrected chi connectivity index (χ0v) is 40.1. The van der Waals surface area contributed by atoms with Gasteiger partial charge in [-0.1, -0.05) is 66.2 Å². The number of fused-ring (bicyclic) bond motifs is 4. The highest BCUT2D eigenvalue weighted by Gasteiger charge is 2.40. The maximum absolute atomic E-state index is 14.8. The van der Waals surface area contributed by atoms with Crippen LogP contribution in [-0.2, 0) is 4.79 Å². The second-order valence-electron chi connectivity index (χ2n) is 16.5. The van der Waals surface area contributed by atoms with Crippen LogP contribution in [0.5, 0.6) is 0 Å². The summed E-state index contributed by atoms with van der Waals surface area (Å²) in [5.41, 5.74) is 1.74. The molecule has 0 saturated carbocycles. The standard InChI is InChI=1S/C52H44F4N4O2S4/c1-5-9-11-27(7-3)25-63-52(64-26-28(8-4)12-10-6-2)47-39-15-31(13-37-45(29(21-57)22-58)33-17-41(53)43(55)19-35(33)48(37)61)65-50(39)51-40(47)16-32(66-51)14-38-46(30(23-59)24-60)34-18-42(54)44(56)20-36(34)49(38)62/h13-17,19-20,27-28,42H,5-12,18,25-26H2,1-4H3/b37-13-,38-14-,52-47?. The highest BCUT2D eigenvalue weighted by molar-refractivity contribution is 8.22. The number of ketones is 2. The van der Waals surface area contributed by atoms with Crippen molar-refractivity contribution >= 4 is 81.1 Å². The van der Waals surface area contributed by atoms with Crippen molar-refractivity contribution in [3.8, 4) is 34.0 Å². The Hall–Kier alpha value is -5.48. The molecule has 4 aliphatic rings. The number of rotatable bonds is 16. The third-order valence-electron chi connectivity index (χ3n) is 12.4. The first-order chi connectivity index (χ1) is 31.9. The van der Waals surface area contributed by atoms with Gasteiger partial charge in [-0.05, 0) is 78.3 Å². The Morgan fingerprint density at radius 1 is 0.697 bits per heavy atom. The van der Waals surface area contributed by atoms with Gasteiger partial charge in [0, 0.05) is 82.0 Å². The quantitative estimate of drug-likeness (QED) is 0.0617. The molecule has 7 rings (SSSR count). The largest absolute Gasteiger partial charge is 0.289 e. The number of nitrogens with zero attached hydrogens (tertiary/aromatic N) is 4. The molecule has 0 spiro atoms. The fourth-order valence-corrected chi connectivity index (χ4v) is 14.1. The highest BCUT2D eigenvalue weighted by atomic mass is 32.2. The molecule has 14 heteroatoms. The van der Waals surface area contributed by atoms with E-state index < -0.39 is 47.2 Å². The Balaban J connectivity index is 1.43. The number of carbonyl (C=O) groups is 2. The monoisotopic (exact) mass is 960 g/mol. The van der Waals surface area contributed by atoms with Crippen LogP contribution < -0.4 is 0 Å². The van der Waals surface area contributed by atoms with Crippen molar-refractivity contribution in [3.05, 3.63) is 123 Å². The van der Waals surface area contributed by atoms with Crippen LogP contribution in [0.2, 0.25) is 0 Å². The topological polar surface area (TPSA) is 129 Å². The zero-order valence-electron chi connectivity index (χ0n) is 36.8. The van der Waals surface area contributed by atoms with Gasteiger partial charge in [0.05, 0.1) is 9.75 Å². The number of nitriles is 4. The van der Waals surface area contributed by atoms with Gasteiger partial charge in [-0.2, -0.15) is 21.0 Å². The molecule has 336 valence electrons. The van der Waals surface area contributed by atoms with Crippen LogP contribution in [0.15, 0.2) is 79.4 Å². The molecule has 3 unspecified atom stereocenters. The minimum absolute atomic E-state index is 0.00298. The number of hydrogen-bond acceptors (Lipinski definition) is 10. The van der Waals surface area contributed by atoms with E-state index in [0.29, 0.717) is 21.6 Å². The lowest BCUT2D eigenvalue weighted by Gasteiger charge is -2.19. The molecule has 0 bridgehead atoms. The average Bonchev–Trinajstić information content (AvgIpc) is 4.09. The minimum atomic E-state index is -2.02. The summed E-state index contributed by atoms with van der Waals surface area (Å²) >= 11 is 6.37. The molecule has 0 fully saturated rings. The SMILES string of the molecule is CCCCC(CC)CSC(SCC(CC)CCCC)=C1c2cc(/C=C3\C(=O)C4=C(CC(F)C(F)=C4)C3=C(C#N)C#N)sc2-c2sc(/C=C3\C(=O)c4cc(F)c(F)cc4C3=C(C#N)C#N)cc21. The van der Waals surface area contributed by atoms with Crippen LogP contribution in [0, 0.1) is 68.8 Å². The molecule has 6 nitrogen and oxygen atoms in total. The molecule has 3 aromatic rings. The van der Waals surface area contributed by atoms with Gasteiger partial charge < -0.3 is 0 Å². The molecule has 0 amide bonds. The summed E-state index contributed by atoms with van der Waals surface area (Å²) in [5.74, 6) is -2.10. The van der Waals surface area contributed by atoms with E-state index in [2.05, 4.69) is 27.7 Å². The van der Waals surface area contributed by atoms with Crippen LogP contribution in [0.3, 0.4) is 0 Å². The number of thioether (sulfide) groups is 2. The third-order valence-corrected chi connectivity index (χ3v) is 17.6. The average molecular weight is 961 g/mol. The second kappa shape index (κ2) is 21.0. The first-order valence-electron chi connectivity index (χ1n) is 22.0. The molecule has 0 saturated heterocycles. The van der Waals surface area contributed by atoms with E-state index >= 15 is 0 Å². The van der Waals surface area contributed by atoms with Gasteiger partial charge in [-0.25, -0.2) is 17.6 Å². The van der Waals surface area contributed by atoms with Gasteiger partial charge in [-0.15, -0.1) is 46.2 Å². The summed E-state index contributed by atoms with van der Waals surface area (Å²) < 4.78 is 59.6. The molecule has 0 radical (unpaired) electrons. The molecule has 0 N–H and O–H groups in total. The summed E-state index contributed by atoms with van der Waals surface area (Å²) in [5, 5.41) is 39.8. The maximum Gasteiger partial charge on any atom is 0.194 e. The Kier molecular flexibility index (Phi) is 15.4. The Labute approximate surface area is 399 Å². The van der Waals surface area contributed by atoms with Crippen molar-refractivity contribution in [2.75, 3.05) is 11.5 Å². The number of allylic oxidation sites excluding steroid dienone is 10. The van der Waals surface area contributed by atoms with E-state index in [1.54, 1.807) is 12.2 Å². The number of benzene rings is 1. The van der Waals surface area contributed by atoms with Gasteiger partial charge in [-0.3, -0.25) is 9.59 Å². The Bertz CT molecular complexity index is 2900. The molecular weight excluding hydrogens is 917 g/mol. The number of hydrogen-bond donors (Lipinski definition) is 0. The van der Waals surface area contributed by atoms with E-state index in [0.717, 1.165) is 112 Å². The highest BCUT2D eigenvalue weighted by Crippen LogP contribution is 2.58. The smallest absolute Gasteiger partial charge is 0.194 e. The predicted octanol–water partition coefficient (Wildman–Crippen LogP) is 15.0. The van der Waals surface area contributed by atoms with Gasteiger partial charge >= 0.3 is 0 Å². The third kappa shape index (κ3) is 9.27. The molecule has 2 aromatic heterocycles. The van der Waals surface area contributed by atoms with Crippen molar-refractivity contribution in [2.24, 2.45) is 11.8 Å². The fourth-order valence-electron chi connectivity index (χ4n) is 8.70. The summed E-state index contributed by atoms with van der Waals surface area (Å²) in [6.07, 6.45) is 10.1. The van der Waals surface area contributed by atoms with Crippen molar-refractivity contribution in [3.63, 3.8) is 0 Å². The lowest BCUT2D eigenvalue weighted by Crippen LogP contribution is -2.09. The maximum atomic E-state index is 14.8. The molecule has 66 heavy (non-hydrogen) atoms. The van der Waals surface area contributed by atoms with E-state index in [9.17, 15) is 48.2 Å². The van der Waals surface area contributed by atoms with E-state index in [1.807, 2.05) is 59.9 Å². The lowest BCUT2D eigenvalue weighted by atomic mass is 9.92. The van der Waals surface area contributed by atoms with E-state index in [-0.39, 0.29) is 50.1 Å². The molecule has 2 heterocycles. The molecular formula is C52H44F4N4O2S4. The Morgan fingerprint density at radius 2 is 1.18 bits per heavy atom. The number of alkyl halides is 1. The van der Waals surface area contributed by atoms with Gasteiger partial charge in [0.2, 0.25) is 0 Å². The summed E-state index contributed by atoms with van der Waals surface area (Å²) in [7, 11) is 0. The van der Waals surface area contributed by atoms with E-state index in [1.165, 1.54) is 22.7 Å². The summed E-state index contributed by atoms with van der Waals surface area (Å²) in [6.45, 7) is 8.79. The Morgan fingerprint density at radius 3 is 1.67 bits per heavy atom. The minimum Gasteiger partial charge on any atom is -0.289 e. The first kappa shape index (κ1) is 48.5. The van der Waals surface area contributed by atoms with Gasteiger partial charge in [0.1, 0.15) is 41.2 Å². The van der Waals surface area contributed by atoms with Gasteiger partial charge in [0.25, 0.3) is 0 Å².